The average Bonchev–Trinajstić information content (AvgIpc) is 2.64. The van der Waals surface area contributed by atoms with E-state index >= 15 is 0 Å². The second-order valence-electron chi connectivity index (χ2n) is 3.09. The lowest BCUT2D eigenvalue weighted by Gasteiger charge is -2.05. The van der Waals surface area contributed by atoms with Gasteiger partial charge in [0.15, 0.2) is 0 Å². The Morgan fingerprint density at radius 2 is 2.38 bits per heavy atom. The van der Waals surface area contributed by atoms with E-state index in [9.17, 15) is 10.1 Å². The molecule has 1 N–H and O–H groups in total. The summed E-state index contributed by atoms with van der Waals surface area (Å²) in [5.41, 5.74) is 0. The molecule has 0 saturated carbocycles. The van der Waals surface area contributed by atoms with Crippen LogP contribution in [-0.4, -0.2) is 48.1 Å². The van der Waals surface area contributed by atoms with E-state index in [1.54, 1.807) is 0 Å². The van der Waals surface area contributed by atoms with Crippen LogP contribution in [0, 0.1) is 10.1 Å². The summed E-state index contributed by atoms with van der Waals surface area (Å²) in [4.78, 5) is 9.37. The average molecular weight is 191 g/mol. The van der Waals surface area contributed by atoms with Gasteiger partial charge in [0.05, 0.1) is 19.3 Å². The van der Waals surface area contributed by atoms with Gasteiger partial charge >= 0.3 is 0 Å². The summed E-state index contributed by atoms with van der Waals surface area (Å²) < 4.78 is 10.1. The number of epoxide rings is 1. The van der Waals surface area contributed by atoms with E-state index in [-0.39, 0.29) is 18.8 Å². The summed E-state index contributed by atoms with van der Waals surface area (Å²) in [7, 11) is 0. The minimum Gasteiger partial charge on any atom is -0.384 e. The molecule has 0 bridgehead atoms. The molecule has 0 aromatic carbocycles. The first kappa shape index (κ1) is 10.4. The lowest BCUT2D eigenvalue weighted by Crippen LogP contribution is -2.25. The molecule has 1 aliphatic heterocycles. The van der Waals surface area contributed by atoms with Crippen molar-refractivity contribution in [2.24, 2.45) is 0 Å². The van der Waals surface area contributed by atoms with E-state index in [0.717, 1.165) is 0 Å². The third kappa shape index (κ3) is 4.16. The van der Waals surface area contributed by atoms with E-state index in [1.165, 1.54) is 0 Å². The fourth-order valence-corrected chi connectivity index (χ4v) is 0.950. The number of nitrogens with zero attached hydrogens (tertiary/aromatic N) is 1. The first-order valence-corrected chi connectivity index (χ1v) is 4.12. The van der Waals surface area contributed by atoms with Crippen LogP contribution in [0.4, 0.5) is 0 Å². The van der Waals surface area contributed by atoms with Gasteiger partial charge in [0.2, 0.25) is 6.54 Å². The summed E-state index contributed by atoms with van der Waals surface area (Å²) in [6.45, 7) is 1.84. The van der Waals surface area contributed by atoms with E-state index in [2.05, 4.69) is 0 Å². The second kappa shape index (κ2) is 4.50. The van der Waals surface area contributed by atoms with Crippen LogP contribution in [-0.2, 0) is 9.47 Å². The van der Waals surface area contributed by atoms with E-state index in [4.69, 9.17) is 14.6 Å². The smallest absolute Gasteiger partial charge is 0.231 e. The van der Waals surface area contributed by atoms with Crippen LogP contribution in [0.5, 0.6) is 0 Å². The number of nitro groups is 1. The van der Waals surface area contributed by atoms with Crippen molar-refractivity contribution in [2.75, 3.05) is 19.8 Å². The molecule has 1 aliphatic rings. The van der Waals surface area contributed by atoms with E-state index < -0.39 is 17.6 Å². The van der Waals surface area contributed by atoms with Gasteiger partial charge in [-0.1, -0.05) is 0 Å². The fourth-order valence-electron chi connectivity index (χ4n) is 0.950. The molecule has 76 valence electrons. The third-order valence-corrected chi connectivity index (χ3v) is 1.79. The van der Waals surface area contributed by atoms with Crippen LogP contribution in [0.2, 0.25) is 0 Å². The van der Waals surface area contributed by atoms with Gasteiger partial charge in [-0.05, 0) is 6.92 Å². The van der Waals surface area contributed by atoms with Crippen molar-refractivity contribution in [2.45, 2.75) is 25.2 Å². The zero-order valence-corrected chi connectivity index (χ0v) is 7.38. The lowest BCUT2D eigenvalue weighted by atomic mass is 10.3. The number of aliphatic hydroxyl groups excluding tert-OH is 1. The van der Waals surface area contributed by atoms with Crippen LogP contribution in [0.1, 0.15) is 6.92 Å². The number of hydrogen-bond donors (Lipinski definition) is 1. The molecule has 1 heterocycles. The Hall–Kier alpha value is -0.720. The second-order valence-corrected chi connectivity index (χ2v) is 3.09. The van der Waals surface area contributed by atoms with E-state index in [0.29, 0.717) is 6.61 Å². The number of rotatable bonds is 6. The maximum absolute atomic E-state index is 9.94. The Morgan fingerprint density at radius 1 is 1.77 bits per heavy atom. The van der Waals surface area contributed by atoms with Gasteiger partial charge in [0, 0.05) is 4.92 Å². The first-order chi connectivity index (χ1) is 6.09. The molecule has 1 saturated heterocycles. The molecule has 1 fully saturated rings. The molecule has 0 aromatic heterocycles. The third-order valence-electron chi connectivity index (χ3n) is 1.79. The van der Waals surface area contributed by atoms with Crippen molar-refractivity contribution in [1.29, 1.82) is 0 Å². The predicted molar refractivity (Wildman–Crippen MR) is 43.0 cm³/mol. The summed E-state index contributed by atoms with van der Waals surface area (Å²) in [6.07, 6.45) is -0.709. The SMILES string of the molecule is C[C@H]1O[C@@H]1COCC(O)C[N+](=O)[O-]. The lowest BCUT2D eigenvalue weighted by molar-refractivity contribution is -0.491. The standard InChI is InChI=1S/C7H13NO5/c1-5-7(13-5)4-12-3-6(9)2-8(10)11/h5-7,9H,2-4H2,1H3/t5-,6?,7-/m1/s1. The molecule has 6 heteroatoms. The monoisotopic (exact) mass is 191 g/mol. The van der Waals surface area contributed by atoms with Crippen molar-refractivity contribution in [1.82, 2.24) is 0 Å². The minimum absolute atomic E-state index is 0.00639. The van der Waals surface area contributed by atoms with Crippen molar-refractivity contribution in [3.05, 3.63) is 10.1 Å². The summed E-state index contributed by atoms with van der Waals surface area (Å²) in [5.74, 6) is 0. The maximum atomic E-state index is 9.94. The Labute approximate surface area is 75.6 Å². The van der Waals surface area contributed by atoms with Crippen molar-refractivity contribution in [3.8, 4) is 0 Å². The Bertz CT molecular complexity index is 186. The zero-order chi connectivity index (χ0) is 9.84. The maximum Gasteiger partial charge on any atom is 0.231 e. The highest BCUT2D eigenvalue weighted by molar-refractivity contribution is 4.79. The van der Waals surface area contributed by atoms with Crippen LogP contribution in [0.15, 0.2) is 0 Å². The van der Waals surface area contributed by atoms with Crippen LogP contribution < -0.4 is 0 Å². The fraction of sp³-hybridized carbons (Fsp3) is 1.00. The zero-order valence-electron chi connectivity index (χ0n) is 7.38. The molecule has 6 nitrogen and oxygen atoms in total. The molecule has 0 aliphatic carbocycles. The first-order valence-electron chi connectivity index (χ1n) is 4.12. The Kier molecular flexibility index (Phi) is 3.58. The van der Waals surface area contributed by atoms with Crippen molar-refractivity contribution < 1.29 is 19.5 Å². The molecule has 1 unspecified atom stereocenters. The number of ether oxygens (including phenoxy) is 2. The Morgan fingerprint density at radius 3 is 2.85 bits per heavy atom. The molecular weight excluding hydrogens is 178 g/mol. The minimum atomic E-state index is -1.02. The Balaban J connectivity index is 1.95. The highest BCUT2D eigenvalue weighted by atomic mass is 16.6. The molecule has 3 atom stereocenters. The van der Waals surface area contributed by atoms with Crippen molar-refractivity contribution in [3.63, 3.8) is 0 Å². The molecule has 13 heavy (non-hydrogen) atoms. The predicted octanol–water partition coefficient (Wildman–Crippen LogP) is -0.572. The molecule has 1 rings (SSSR count). The topological polar surface area (TPSA) is 85.1 Å². The normalized spacial score (nSPS) is 28.5. The highest BCUT2D eigenvalue weighted by Crippen LogP contribution is 2.20. The van der Waals surface area contributed by atoms with Gasteiger partial charge in [-0.25, -0.2) is 0 Å². The van der Waals surface area contributed by atoms with Gasteiger partial charge in [-0.15, -0.1) is 0 Å². The van der Waals surface area contributed by atoms with E-state index in [1.807, 2.05) is 6.92 Å². The molecule has 0 radical (unpaired) electrons. The van der Waals surface area contributed by atoms with Gasteiger partial charge in [0.1, 0.15) is 12.2 Å². The van der Waals surface area contributed by atoms with Gasteiger partial charge < -0.3 is 14.6 Å². The molecule has 0 aromatic rings. The van der Waals surface area contributed by atoms with Gasteiger partial charge in [0.25, 0.3) is 0 Å². The van der Waals surface area contributed by atoms with Crippen molar-refractivity contribution >= 4 is 0 Å². The van der Waals surface area contributed by atoms with Gasteiger partial charge in [-0.2, -0.15) is 0 Å². The number of hydrogen-bond acceptors (Lipinski definition) is 5. The van der Waals surface area contributed by atoms with Crippen LogP contribution >= 0.6 is 0 Å². The molecule has 0 amide bonds. The summed E-state index contributed by atoms with van der Waals surface area (Å²) in [5, 5.41) is 18.9. The van der Waals surface area contributed by atoms with Gasteiger partial charge in [-0.3, -0.25) is 10.1 Å². The largest absolute Gasteiger partial charge is 0.384 e. The highest BCUT2D eigenvalue weighted by Gasteiger charge is 2.34. The molecule has 0 spiro atoms. The number of aliphatic hydroxyl groups is 1. The summed E-state index contributed by atoms with van der Waals surface area (Å²) >= 11 is 0. The quantitative estimate of drug-likeness (QED) is 0.345. The summed E-state index contributed by atoms with van der Waals surface area (Å²) in [6, 6.07) is 0. The van der Waals surface area contributed by atoms with Crippen LogP contribution in [0.25, 0.3) is 0 Å². The van der Waals surface area contributed by atoms with Crippen LogP contribution in [0.3, 0.4) is 0 Å². The molecular formula is C7H13NO5.